The van der Waals surface area contributed by atoms with Crippen molar-refractivity contribution in [2.75, 3.05) is 4.90 Å². The van der Waals surface area contributed by atoms with Crippen LogP contribution in [0.25, 0.3) is 6.08 Å². The van der Waals surface area contributed by atoms with Crippen molar-refractivity contribution < 1.29 is 14.3 Å². The van der Waals surface area contributed by atoms with Crippen LogP contribution in [0.4, 0.5) is 10.1 Å². The number of amidine groups is 1. The van der Waals surface area contributed by atoms with Gasteiger partial charge in [-0.3, -0.25) is 9.69 Å². The molecule has 4 nitrogen and oxygen atoms in total. The van der Waals surface area contributed by atoms with Gasteiger partial charge in [0.05, 0.1) is 5.69 Å². The first-order chi connectivity index (χ1) is 13.5. The zero-order valence-electron chi connectivity index (χ0n) is 14.5. The second-order valence-electron chi connectivity index (χ2n) is 6.18. The van der Waals surface area contributed by atoms with Gasteiger partial charge in [0, 0.05) is 10.0 Å². The van der Waals surface area contributed by atoms with Crippen LogP contribution in [0.2, 0.25) is 0 Å². The largest absolute Gasteiger partial charge is 0.508 e. The van der Waals surface area contributed by atoms with E-state index in [2.05, 4.69) is 20.9 Å². The van der Waals surface area contributed by atoms with E-state index >= 15 is 0 Å². The fourth-order valence-electron chi connectivity index (χ4n) is 2.87. The first kappa shape index (κ1) is 18.1. The van der Waals surface area contributed by atoms with Gasteiger partial charge in [-0.2, -0.15) is 0 Å². The number of carbonyl (C=O) groups is 1. The topological polar surface area (TPSA) is 52.9 Å². The highest BCUT2D eigenvalue weighted by atomic mass is 79.9. The number of phenols is 1. The summed E-state index contributed by atoms with van der Waals surface area (Å²) in [5.41, 5.74) is 2.29. The molecule has 0 radical (unpaired) electrons. The zero-order chi connectivity index (χ0) is 19.7. The number of amides is 1. The maximum atomic E-state index is 13.2. The molecular formula is C22H14BrFN2O2. The van der Waals surface area contributed by atoms with Gasteiger partial charge in [0.25, 0.3) is 5.91 Å². The van der Waals surface area contributed by atoms with Gasteiger partial charge in [0.2, 0.25) is 0 Å². The van der Waals surface area contributed by atoms with Gasteiger partial charge in [-0.1, -0.05) is 40.2 Å². The van der Waals surface area contributed by atoms with Gasteiger partial charge >= 0.3 is 0 Å². The van der Waals surface area contributed by atoms with Crippen LogP contribution in [0.15, 0.2) is 88.0 Å². The number of phenolic OH excluding ortho intramolecular Hbond substituents is 1. The van der Waals surface area contributed by atoms with Crippen molar-refractivity contribution in [3.05, 3.63) is 99.9 Å². The minimum absolute atomic E-state index is 0.111. The summed E-state index contributed by atoms with van der Waals surface area (Å²) in [6, 6.07) is 19.7. The minimum atomic E-state index is -0.343. The number of hydrogen-bond donors (Lipinski definition) is 1. The molecule has 1 amide bonds. The lowest BCUT2D eigenvalue weighted by Gasteiger charge is -2.18. The van der Waals surface area contributed by atoms with E-state index in [1.807, 2.05) is 24.3 Å². The smallest absolute Gasteiger partial charge is 0.282 e. The molecular weight excluding hydrogens is 423 g/mol. The number of benzene rings is 3. The van der Waals surface area contributed by atoms with Crippen molar-refractivity contribution >= 4 is 39.4 Å². The highest BCUT2D eigenvalue weighted by Gasteiger charge is 2.32. The third-order valence-electron chi connectivity index (χ3n) is 4.24. The standard InChI is InChI=1S/C22H14BrFN2O2/c23-16-5-3-15(4-6-16)21-25-20(13-14-1-7-17(24)8-2-14)22(28)26(21)18-9-11-19(27)12-10-18/h1-13,27H/b20-13+. The fraction of sp³-hybridized carbons (Fsp3) is 0. The number of rotatable bonds is 3. The molecule has 0 bridgehead atoms. The number of nitrogens with zero attached hydrogens (tertiary/aromatic N) is 2. The average Bonchev–Trinajstić information content (AvgIpc) is 3.01. The van der Waals surface area contributed by atoms with Crippen LogP contribution in [0.5, 0.6) is 5.75 Å². The van der Waals surface area contributed by atoms with Gasteiger partial charge in [0.15, 0.2) is 0 Å². The number of aliphatic imine (C=N–C) groups is 1. The van der Waals surface area contributed by atoms with E-state index in [1.165, 1.54) is 29.2 Å². The Bertz CT molecular complexity index is 1090. The molecule has 0 saturated carbocycles. The molecule has 0 spiro atoms. The molecule has 1 N–H and O–H groups in total. The van der Waals surface area contributed by atoms with E-state index in [4.69, 9.17) is 0 Å². The van der Waals surface area contributed by atoms with Crippen molar-refractivity contribution in [1.29, 1.82) is 0 Å². The molecule has 0 aliphatic carbocycles. The zero-order valence-corrected chi connectivity index (χ0v) is 16.1. The Labute approximate surface area is 169 Å². The third kappa shape index (κ3) is 3.59. The van der Waals surface area contributed by atoms with Gasteiger partial charge in [-0.25, -0.2) is 9.38 Å². The Kier molecular flexibility index (Phi) is 4.79. The molecule has 1 heterocycles. The number of aromatic hydroxyl groups is 1. The average molecular weight is 437 g/mol. The number of carbonyl (C=O) groups excluding carboxylic acids is 1. The molecule has 1 aliphatic rings. The van der Waals surface area contributed by atoms with Gasteiger partial charge in [-0.05, 0) is 60.2 Å². The first-order valence-electron chi connectivity index (χ1n) is 8.47. The van der Waals surface area contributed by atoms with Gasteiger partial charge in [0.1, 0.15) is 23.1 Å². The maximum Gasteiger partial charge on any atom is 0.282 e. The van der Waals surface area contributed by atoms with E-state index in [9.17, 15) is 14.3 Å². The molecule has 138 valence electrons. The second-order valence-corrected chi connectivity index (χ2v) is 7.10. The Morgan fingerprint density at radius 3 is 2.21 bits per heavy atom. The highest BCUT2D eigenvalue weighted by Crippen LogP contribution is 2.29. The number of hydrogen-bond acceptors (Lipinski definition) is 3. The number of halogens is 2. The molecule has 0 fully saturated rings. The van der Waals surface area contributed by atoms with E-state index in [0.717, 1.165) is 10.0 Å². The maximum absolute atomic E-state index is 13.2. The molecule has 6 heteroatoms. The number of anilines is 1. The van der Waals surface area contributed by atoms with Crippen LogP contribution in [0.1, 0.15) is 11.1 Å². The molecule has 3 aromatic rings. The summed E-state index contributed by atoms with van der Waals surface area (Å²) in [7, 11) is 0. The predicted molar refractivity (Wildman–Crippen MR) is 111 cm³/mol. The van der Waals surface area contributed by atoms with Crippen molar-refractivity contribution in [1.82, 2.24) is 0 Å². The molecule has 3 aromatic carbocycles. The molecule has 0 saturated heterocycles. The molecule has 0 atom stereocenters. The highest BCUT2D eigenvalue weighted by molar-refractivity contribution is 9.10. The molecule has 0 aromatic heterocycles. The first-order valence-corrected chi connectivity index (χ1v) is 9.26. The van der Waals surface area contributed by atoms with E-state index < -0.39 is 0 Å². The molecule has 4 rings (SSSR count). The summed E-state index contributed by atoms with van der Waals surface area (Å²) in [5, 5.41) is 9.57. The molecule has 0 unspecified atom stereocenters. The Morgan fingerprint density at radius 2 is 1.57 bits per heavy atom. The Morgan fingerprint density at radius 1 is 0.929 bits per heavy atom. The Hall–Kier alpha value is -3.25. The lowest BCUT2D eigenvalue weighted by atomic mass is 10.1. The monoisotopic (exact) mass is 436 g/mol. The van der Waals surface area contributed by atoms with Crippen LogP contribution in [-0.2, 0) is 4.79 Å². The quantitative estimate of drug-likeness (QED) is 0.578. The predicted octanol–water partition coefficient (Wildman–Crippen LogP) is 5.13. The fourth-order valence-corrected chi connectivity index (χ4v) is 3.13. The van der Waals surface area contributed by atoms with E-state index in [1.54, 1.807) is 30.3 Å². The van der Waals surface area contributed by atoms with Crippen LogP contribution < -0.4 is 4.90 Å². The summed E-state index contributed by atoms with van der Waals surface area (Å²) in [4.78, 5) is 19.2. The van der Waals surface area contributed by atoms with Crippen LogP contribution >= 0.6 is 15.9 Å². The second kappa shape index (κ2) is 7.40. The molecule has 28 heavy (non-hydrogen) atoms. The third-order valence-corrected chi connectivity index (χ3v) is 4.77. The van der Waals surface area contributed by atoms with Crippen molar-refractivity contribution in [2.45, 2.75) is 0 Å². The van der Waals surface area contributed by atoms with E-state index in [0.29, 0.717) is 17.1 Å². The summed E-state index contributed by atoms with van der Waals surface area (Å²) in [5.74, 6) is -0.0474. The van der Waals surface area contributed by atoms with Gasteiger partial charge in [-0.15, -0.1) is 0 Å². The summed E-state index contributed by atoms with van der Waals surface area (Å²) >= 11 is 3.41. The summed E-state index contributed by atoms with van der Waals surface area (Å²) in [6.07, 6.45) is 1.63. The lowest BCUT2D eigenvalue weighted by Crippen LogP contribution is -2.32. The SMILES string of the molecule is O=C1/C(=C\c2ccc(F)cc2)N=C(c2ccc(Br)cc2)N1c1ccc(O)cc1. The van der Waals surface area contributed by atoms with Crippen LogP contribution in [0, 0.1) is 5.82 Å². The Balaban J connectivity index is 1.81. The van der Waals surface area contributed by atoms with Crippen LogP contribution in [-0.4, -0.2) is 16.8 Å². The lowest BCUT2D eigenvalue weighted by molar-refractivity contribution is -0.113. The normalized spacial score (nSPS) is 15.2. The molecule has 1 aliphatic heterocycles. The van der Waals surface area contributed by atoms with Crippen molar-refractivity contribution in [2.24, 2.45) is 4.99 Å². The van der Waals surface area contributed by atoms with E-state index in [-0.39, 0.29) is 23.2 Å². The van der Waals surface area contributed by atoms with Crippen molar-refractivity contribution in [3.8, 4) is 5.75 Å². The summed E-state index contributed by atoms with van der Waals surface area (Å²) in [6.45, 7) is 0. The minimum Gasteiger partial charge on any atom is -0.508 e. The van der Waals surface area contributed by atoms with Crippen molar-refractivity contribution in [3.63, 3.8) is 0 Å². The van der Waals surface area contributed by atoms with Crippen LogP contribution in [0.3, 0.4) is 0 Å². The van der Waals surface area contributed by atoms with Gasteiger partial charge < -0.3 is 5.11 Å². The summed E-state index contributed by atoms with van der Waals surface area (Å²) < 4.78 is 14.1.